The van der Waals surface area contributed by atoms with Crippen LogP contribution in [0.2, 0.25) is 0 Å². The number of aromatic hydroxyl groups is 1. The van der Waals surface area contributed by atoms with Gasteiger partial charge in [-0.05, 0) is 30.2 Å². The zero-order chi connectivity index (χ0) is 19.8. The van der Waals surface area contributed by atoms with E-state index in [2.05, 4.69) is 5.10 Å². The fraction of sp³-hybridized carbons (Fsp3) is 0.190. The minimum absolute atomic E-state index is 0.0840. The molecular weight excluding hydrogens is 358 g/mol. The Morgan fingerprint density at radius 3 is 2.61 bits per heavy atom. The fourth-order valence-corrected chi connectivity index (χ4v) is 3.36. The maximum absolute atomic E-state index is 13.0. The molecule has 0 bridgehead atoms. The number of hydrogen-bond acceptors (Lipinski definition) is 5. The number of nitrogens with zero attached hydrogens (tertiary/aromatic N) is 3. The molecule has 0 aliphatic carbocycles. The van der Waals surface area contributed by atoms with E-state index in [1.165, 1.54) is 4.90 Å². The first-order chi connectivity index (χ1) is 13.4. The maximum atomic E-state index is 13.0. The Morgan fingerprint density at radius 1 is 1.14 bits per heavy atom. The molecule has 7 heteroatoms. The Labute approximate surface area is 161 Å². The number of fused-ring (bicyclic) bond motifs is 1. The van der Waals surface area contributed by atoms with Gasteiger partial charge < -0.3 is 15.1 Å². The van der Waals surface area contributed by atoms with Gasteiger partial charge in [0, 0.05) is 12.6 Å². The number of carbonyl (C=O) groups excluding carboxylic acids is 1. The van der Waals surface area contributed by atoms with Gasteiger partial charge in [-0.1, -0.05) is 42.0 Å². The lowest BCUT2D eigenvalue weighted by Crippen LogP contribution is -2.39. The molecule has 0 saturated heterocycles. The Hall–Kier alpha value is -3.45. The summed E-state index contributed by atoms with van der Waals surface area (Å²) in [5, 5.41) is 24.7. The van der Waals surface area contributed by atoms with Crippen LogP contribution in [0.15, 0.2) is 59.4 Å². The lowest BCUT2D eigenvalue weighted by atomic mass is 9.97. The molecule has 4 rings (SSSR count). The number of rotatable bonds is 2. The quantitative estimate of drug-likeness (QED) is 0.712. The van der Waals surface area contributed by atoms with Crippen LogP contribution in [0.4, 0.5) is 0 Å². The van der Waals surface area contributed by atoms with Gasteiger partial charge in [0.25, 0.3) is 11.5 Å². The Kier molecular flexibility index (Phi) is 4.44. The van der Waals surface area contributed by atoms with Crippen molar-refractivity contribution in [2.24, 2.45) is 0 Å². The van der Waals surface area contributed by atoms with Gasteiger partial charge in [0.1, 0.15) is 0 Å². The van der Waals surface area contributed by atoms with Crippen molar-refractivity contribution in [3.63, 3.8) is 0 Å². The molecule has 0 radical (unpaired) electrons. The highest BCUT2D eigenvalue weighted by atomic mass is 16.3. The molecule has 1 amide bonds. The number of aromatic nitrogens is 2. The van der Waals surface area contributed by atoms with Crippen LogP contribution in [0.3, 0.4) is 0 Å². The van der Waals surface area contributed by atoms with Crippen LogP contribution in [0.5, 0.6) is 5.75 Å². The summed E-state index contributed by atoms with van der Waals surface area (Å²) in [5.41, 5.74) is 2.37. The van der Waals surface area contributed by atoms with Crippen molar-refractivity contribution in [1.29, 1.82) is 0 Å². The molecule has 2 heterocycles. The molecule has 0 unspecified atom stereocenters. The van der Waals surface area contributed by atoms with Gasteiger partial charge in [-0.25, -0.2) is 0 Å². The first kappa shape index (κ1) is 17.9. The summed E-state index contributed by atoms with van der Waals surface area (Å²) in [4.78, 5) is 26.7. The number of aliphatic hydroxyl groups is 1. The molecule has 2 N–H and O–H groups in total. The normalized spacial score (nSPS) is 15.9. The van der Waals surface area contributed by atoms with Crippen LogP contribution in [0, 0.1) is 6.92 Å². The lowest BCUT2D eigenvalue weighted by molar-refractivity contribution is 0.0539. The molecule has 1 aliphatic heterocycles. The van der Waals surface area contributed by atoms with E-state index in [0.717, 1.165) is 27.4 Å². The Morgan fingerprint density at radius 2 is 1.86 bits per heavy atom. The predicted molar refractivity (Wildman–Crippen MR) is 102 cm³/mol. The average molecular weight is 377 g/mol. The monoisotopic (exact) mass is 377 g/mol. The van der Waals surface area contributed by atoms with E-state index in [4.69, 9.17) is 0 Å². The number of amides is 1. The topological polar surface area (TPSA) is 95.7 Å². The summed E-state index contributed by atoms with van der Waals surface area (Å²) in [6.45, 7) is 2.29. The average Bonchev–Trinajstić information content (AvgIpc) is 2.68. The molecule has 7 nitrogen and oxygen atoms in total. The van der Waals surface area contributed by atoms with Crippen molar-refractivity contribution < 1.29 is 15.0 Å². The van der Waals surface area contributed by atoms with Gasteiger partial charge in [-0.3, -0.25) is 9.59 Å². The minimum atomic E-state index is -0.820. The third kappa shape index (κ3) is 3.16. The predicted octanol–water partition coefficient (Wildman–Crippen LogP) is 1.94. The first-order valence-electron chi connectivity index (χ1n) is 8.89. The van der Waals surface area contributed by atoms with Gasteiger partial charge in [0.05, 0.1) is 18.3 Å². The summed E-state index contributed by atoms with van der Waals surface area (Å²) in [6, 6.07) is 15.4. The van der Waals surface area contributed by atoms with Crippen molar-refractivity contribution in [3.05, 3.63) is 87.3 Å². The van der Waals surface area contributed by atoms with E-state index in [1.54, 1.807) is 12.1 Å². The van der Waals surface area contributed by atoms with Crippen LogP contribution in [-0.2, 0) is 6.54 Å². The summed E-state index contributed by atoms with van der Waals surface area (Å²) in [7, 11) is 0. The van der Waals surface area contributed by atoms with Crippen LogP contribution >= 0.6 is 0 Å². The smallest absolute Gasteiger partial charge is 0.278 e. The number of aryl methyl sites for hydroxylation is 1. The first-order valence-corrected chi connectivity index (χ1v) is 8.89. The molecule has 0 spiro atoms. The molecule has 3 aromatic rings. The molecule has 1 atom stereocenters. The second-order valence-electron chi connectivity index (χ2n) is 6.86. The zero-order valence-electron chi connectivity index (χ0n) is 15.2. The van der Waals surface area contributed by atoms with E-state index < -0.39 is 23.3 Å². The Balaban J connectivity index is 1.71. The summed E-state index contributed by atoms with van der Waals surface area (Å²) in [6.07, 6.45) is -0.820. The van der Waals surface area contributed by atoms with E-state index >= 15 is 0 Å². The fourth-order valence-electron chi connectivity index (χ4n) is 3.36. The molecule has 2 aromatic carbocycles. The largest absolute Gasteiger partial charge is 0.505 e. The van der Waals surface area contributed by atoms with Crippen molar-refractivity contribution in [3.8, 4) is 11.4 Å². The molecule has 0 fully saturated rings. The Bertz CT molecular complexity index is 1110. The van der Waals surface area contributed by atoms with Gasteiger partial charge >= 0.3 is 0 Å². The highest BCUT2D eigenvalue weighted by Gasteiger charge is 2.30. The van der Waals surface area contributed by atoms with Gasteiger partial charge in [0.15, 0.2) is 11.4 Å². The van der Waals surface area contributed by atoms with Crippen molar-refractivity contribution >= 4 is 5.91 Å². The summed E-state index contributed by atoms with van der Waals surface area (Å²) in [5.74, 6) is -1.03. The molecule has 1 aromatic heterocycles. The van der Waals surface area contributed by atoms with Crippen LogP contribution in [-0.4, -0.2) is 37.3 Å². The highest BCUT2D eigenvalue weighted by molar-refractivity contribution is 5.94. The van der Waals surface area contributed by atoms with Gasteiger partial charge in [-0.15, -0.1) is 0 Å². The van der Waals surface area contributed by atoms with E-state index in [0.29, 0.717) is 5.69 Å². The summed E-state index contributed by atoms with van der Waals surface area (Å²) >= 11 is 0. The van der Waals surface area contributed by atoms with Crippen LogP contribution in [0.25, 0.3) is 5.69 Å². The molecule has 0 saturated carbocycles. The number of hydrogen-bond donors (Lipinski definition) is 2. The van der Waals surface area contributed by atoms with E-state index in [1.807, 2.05) is 43.3 Å². The third-order valence-electron chi connectivity index (χ3n) is 4.85. The standard InChI is InChI=1S/C21H19N3O4/c1-13-6-8-15(9-7-13)24-19(27)10-17(25)20(22-24)21(28)23-11-14-4-2-3-5-16(14)18(26)12-23/h2-10,18,25-26H,11-12H2,1H3/t18-/m1/s1. The summed E-state index contributed by atoms with van der Waals surface area (Å²) < 4.78 is 1.08. The lowest BCUT2D eigenvalue weighted by Gasteiger charge is -2.32. The maximum Gasteiger partial charge on any atom is 0.278 e. The molecule has 1 aliphatic rings. The minimum Gasteiger partial charge on any atom is -0.505 e. The van der Waals surface area contributed by atoms with E-state index in [9.17, 15) is 19.8 Å². The van der Waals surface area contributed by atoms with Gasteiger partial charge in [0.2, 0.25) is 0 Å². The van der Waals surface area contributed by atoms with Crippen LogP contribution in [0.1, 0.15) is 33.3 Å². The SMILES string of the molecule is Cc1ccc(-n2nc(C(=O)N3Cc4ccccc4[C@H](O)C3)c(O)cc2=O)cc1. The molecule has 28 heavy (non-hydrogen) atoms. The number of β-amino-alcohol motifs (C(OH)–C–C–N with tert-alkyl or cyclic N) is 1. The number of carbonyl (C=O) groups is 1. The van der Waals surface area contributed by atoms with Crippen molar-refractivity contribution in [1.82, 2.24) is 14.7 Å². The second-order valence-corrected chi connectivity index (χ2v) is 6.86. The van der Waals surface area contributed by atoms with Crippen molar-refractivity contribution in [2.45, 2.75) is 19.6 Å². The number of benzene rings is 2. The zero-order valence-corrected chi connectivity index (χ0v) is 15.2. The van der Waals surface area contributed by atoms with Crippen LogP contribution < -0.4 is 5.56 Å². The third-order valence-corrected chi connectivity index (χ3v) is 4.85. The van der Waals surface area contributed by atoms with E-state index in [-0.39, 0.29) is 18.8 Å². The van der Waals surface area contributed by atoms with Gasteiger partial charge in [-0.2, -0.15) is 9.78 Å². The van der Waals surface area contributed by atoms with Crippen molar-refractivity contribution in [2.75, 3.05) is 6.54 Å². The second kappa shape index (κ2) is 6.94. The molecule has 142 valence electrons. The molecular formula is C21H19N3O4. The number of aliphatic hydroxyl groups excluding tert-OH is 1. The highest BCUT2D eigenvalue weighted by Crippen LogP contribution is 2.28.